The summed E-state index contributed by atoms with van der Waals surface area (Å²) < 4.78 is 14.1. The van der Waals surface area contributed by atoms with Crippen LogP contribution in [0.1, 0.15) is 21.0 Å². The van der Waals surface area contributed by atoms with Gasteiger partial charge in [0.25, 0.3) is 5.91 Å². The number of nitrogens with one attached hydrogen (secondary N) is 1. The van der Waals surface area contributed by atoms with Crippen LogP contribution in [0, 0.1) is 5.95 Å². The Morgan fingerprint density at radius 1 is 1.35 bits per heavy atom. The molecule has 0 radical (unpaired) electrons. The van der Waals surface area contributed by atoms with Crippen molar-refractivity contribution in [1.82, 2.24) is 25.3 Å². The molecule has 0 saturated carbocycles. The first-order valence-corrected chi connectivity index (χ1v) is 5.60. The van der Waals surface area contributed by atoms with Crippen molar-refractivity contribution in [3.05, 3.63) is 41.7 Å². The summed E-state index contributed by atoms with van der Waals surface area (Å²) in [4.78, 5) is 25.6. The van der Waals surface area contributed by atoms with Gasteiger partial charge < -0.3 is 10.4 Å². The van der Waals surface area contributed by atoms with Crippen LogP contribution in [-0.4, -0.2) is 43.5 Å². The van der Waals surface area contributed by atoms with E-state index in [0.29, 0.717) is 0 Å². The van der Waals surface area contributed by atoms with Gasteiger partial charge in [-0.2, -0.15) is 4.39 Å². The van der Waals surface area contributed by atoms with E-state index in [1.807, 2.05) is 0 Å². The lowest BCUT2D eigenvalue weighted by molar-refractivity contribution is 0.0690. The second-order valence-corrected chi connectivity index (χ2v) is 3.77. The topological polar surface area (TPSA) is 110 Å². The molecule has 0 aromatic carbocycles. The third kappa shape index (κ3) is 3.34. The summed E-state index contributed by atoms with van der Waals surface area (Å²) >= 11 is 0. The number of pyridine rings is 1. The molecule has 2 N–H and O–H groups in total. The zero-order valence-electron chi connectivity index (χ0n) is 10.2. The quantitative estimate of drug-likeness (QED) is 0.742. The van der Waals surface area contributed by atoms with Crippen molar-refractivity contribution < 1.29 is 19.1 Å². The summed E-state index contributed by atoms with van der Waals surface area (Å²) in [5, 5.41) is 18.2. The van der Waals surface area contributed by atoms with Crippen molar-refractivity contribution >= 4 is 11.9 Å². The van der Waals surface area contributed by atoms with Crippen LogP contribution >= 0.6 is 0 Å². The fourth-order valence-corrected chi connectivity index (χ4v) is 1.41. The minimum atomic E-state index is -1.18. The van der Waals surface area contributed by atoms with E-state index in [1.54, 1.807) is 0 Å². The highest BCUT2D eigenvalue weighted by Gasteiger charge is 2.09. The standard InChI is InChI=1S/C11H10FN5O3/c12-9-3-1-2-7(14-9)10(18)13-4-5-17-6-8(11(19)20)15-16-17/h1-3,6H,4-5H2,(H,13,18)(H,19,20). The number of rotatable bonds is 5. The minimum absolute atomic E-state index is 0.0326. The summed E-state index contributed by atoms with van der Waals surface area (Å²) in [6.07, 6.45) is 1.24. The Balaban J connectivity index is 1.86. The highest BCUT2D eigenvalue weighted by atomic mass is 19.1. The molecular formula is C11H10FN5O3. The molecule has 0 fully saturated rings. The van der Waals surface area contributed by atoms with Gasteiger partial charge in [0.15, 0.2) is 5.69 Å². The van der Waals surface area contributed by atoms with Gasteiger partial charge in [0.05, 0.1) is 12.7 Å². The zero-order valence-corrected chi connectivity index (χ0v) is 10.2. The number of carbonyl (C=O) groups excluding carboxylic acids is 1. The van der Waals surface area contributed by atoms with E-state index in [-0.39, 0.29) is 24.5 Å². The monoisotopic (exact) mass is 279 g/mol. The Kier molecular flexibility index (Phi) is 3.99. The molecule has 0 atom stereocenters. The van der Waals surface area contributed by atoms with Gasteiger partial charge in [-0.05, 0) is 12.1 Å². The van der Waals surface area contributed by atoms with Crippen molar-refractivity contribution in [3.63, 3.8) is 0 Å². The second-order valence-electron chi connectivity index (χ2n) is 3.77. The average molecular weight is 279 g/mol. The van der Waals surface area contributed by atoms with E-state index < -0.39 is 17.8 Å². The lowest BCUT2D eigenvalue weighted by Gasteiger charge is -2.04. The fraction of sp³-hybridized carbons (Fsp3) is 0.182. The Morgan fingerprint density at radius 3 is 2.80 bits per heavy atom. The molecule has 2 heterocycles. The molecule has 20 heavy (non-hydrogen) atoms. The largest absolute Gasteiger partial charge is 0.476 e. The van der Waals surface area contributed by atoms with Crippen LogP contribution in [0.2, 0.25) is 0 Å². The number of carboxylic acid groups (broad SMARTS) is 1. The summed E-state index contributed by atoms with van der Waals surface area (Å²) in [6, 6.07) is 3.91. The molecule has 0 saturated heterocycles. The van der Waals surface area contributed by atoms with Gasteiger partial charge >= 0.3 is 5.97 Å². The molecule has 0 bridgehead atoms. The minimum Gasteiger partial charge on any atom is -0.476 e. The van der Waals surface area contributed by atoms with Crippen LogP contribution in [0.15, 0.2) is 24.4 Å². The smallest absolute Gasteiger partial charge is 0.358 e. The highest BCUT2D eigenvalue weighted by molar-refractivity contribution is 5.92. The van der Waals surface area contributed by atoms with Gasteiger partial charge in [-0.1, -0.05) is 11.3 Å². The van der Waals surface area contributed by atoms with Gasteiger partial charge in [-0.25, -0.2) is 14.5 Å². The lowest BCUT2D eigenvalue weighted by Crippen LogP contribution is -2.28. The molecule has 2 aromatic heterocycles. The van der Waals surface area contributed by atoms with Crippen LogP contribution in [-0.2, 0) is 6.54 Å². The molecule has 0 aliphatic heterocycles. The van der Waals surface area contributed by atoms with Gasteiger partial charge in [0.1, 0.15) is 5.69 Å². The van der Waals surface area contributed by atoms with Gasteiger partial charge in [-0.3, -0.25) is 4.79 Å². The number of aromatic carboxylic acids is 1. The van der Waals surface area contributed by atoms with Crippen molar-refractivity contribution in [3.8, 4) is 0 Å². The molecule has 1 amide bonds. The second kappa shape index (κ2) is 5.87. The summed E-state index contributed by atoms with van der Waals surface area (Å²) in [7, 11) is 0. The third-order valence-corrected chi connectivity index (χ3v) is 2.33. The van der Waals surface area contributed by atoms with E-state index >= 15 is 0 Å². The number of aromatic nitrogens is 4. The Morgan fingerprint density at radius 2 is 2.15 bits per heavy atom. The van der Waals surface area contributed by atoms with E-state index in [9.17, 15) is 14.0 Å². The summed E-state index contributed by atoms with van der Waals surface area (Å²) in [5.74, 6) is -2.44. The number of nitrogens with zero attached hydrogens (tertiary/aromatic N) is 4. The Bertz CT molecular complexity index is 642. The molecule has 2 aromatic rings. The molecular weight excluding hydrogens is 269 g/mol. The molecule has 8 nitrogen and oxygen atoms in total. The molecule has 0 aliphatic carbocycles. The molecule has 0 spiro atoms. The van der Waals surface area contributed by atoms with E-state index in [1.165, 1.54) is 23.0 Å². The van der Waals surface area contributed by atoms with Crippen molar-refractivity contribution in [2.75, 3.05) is 6.54 Å². The fourth-order valence-electron chi connectivity index (χ4n) is 1.41. The van der Waals surface area contributed by atoms with Crippen LogP contribution in [0.4, 0.5) is 4.39 Å². The van der Waals surface area contributed by atoms with Crippen LogP contribution in [0.3, 0.4) is 0 Å². The van der Waals surface area contributed by atoms with Gasteiger partial charge in [0.2, 0.25) is 5.95 Å². The first kappa shape index (κ1) is 13.6. The van der Waals surface area contributed by atoms with Crippen molar-refractivity contribution in [2.45, 2.75) is 6.54 Å². The van der Waals surface area contributed by atoms with Crippen LogP contribution < -0.4 is 5.32 Å². The van der Waals surface area contributed by atoms with Gasteiger partial charge in [-0.15, -0.1) is 5.10 Å². The molecule has 0 unspecified atom stereocenters. The van der Waals surface area contributed by atoms with Crippen LogP contribution in [0.25, 0.3) is 0 Å². The average Bonchev–Trinajstić information content (AvgIpc) is 2.87. The summed E-state index contributed by atoms with van der Waals surface area (Å²) in [6.45, 7) is 0.417. The molecule has 0 aliphatic rings. The number of carboxylic acids is 1. The Hall–Kier alpha value is -2.84. The maximum atomic E-state index is 12.8. The number of halogens is 1. The normalized spacial score (nSPS) is 10.2. The number of hydrogen-bond donors (Lipinski definition) is 2. The molecule has 9 heteroatoms. The summed E-state index contributed by atoms with van der Waals surface area (Å²) in [5.41, 5.74) is -0.210. The third-order valence-electron chi connectivity index (χ3n) is 2.33. The molecule has 2 rings (SSSR count). The first-order valence-electron chi connectivity index (χ1n) is 5.60. The first-order chi connectivity index (χ1) is 9.56. The number of amides is 1. The van der Waals surface area contributed by atoms with Crippen molar-refractivity contribution in [1.29, 1.82) is 0 Å². The SMILES string of the molecule is O=C(O)c1cn(CCNC(=O)c2cccc(F)n2)nn1. The molecule has 104 valence electrons. The van der Waals surface area contributed by atoms with Gasteiger partial charge in [0, 0.05) is 6.54 Å². The number of hydrogen-bond acceptors (Lipinski definition) is 5. The van der Waals surface area contributed by atoms with E-state index in [0.717, 1.165) is 6.07 Å². The highest BCUT2D eigenvalue weighted by Crippen LogP contribution is 1.97. The zero-order chi connectivity index (χ0) is 14.5. The van der Waals surface area contributed by atoms with E-state index in [4.69, 9.17) is 5.11 Å². The van der Waals surface area contributed by atoms with Crippen LogP contribution in [0.5, 0.6) is 0 Å². The predicted molar refractivity (Wildman–Crippen MR) is 63.5 cm³/mol. The maximum absolute atomic E-state index is 12.8. The number of carbonyl (C=O) groups is 2. The van der Waals surface area contributed by atoms with E-state index in [2.05, 4.69) is 20.6 Å². The predicted octanol–water partition coefficient (Wildman–Crippen LogP) is -0.0596. The maximum Gasteiger partial charge on any atom is 0.358 e. The lowest BCUT2D eigenvalue weighted by atomic mass is 10.3. The Labute approximate surface area is 112 Å². The van der Waals surface area contributed by atoms with Crippen molar-refractivity contribution in [2.24, 2.45) is 0 Å².